The van der Waals surface area contributed by atoms with E-state index in [0.717, 1.165) is 26.1 Å². The summed E-state index contributed by atoms with van der Waals surface area (Å²) in [4.78, 5) is 0. The van der Waals surface area contributed by atoms with Gasteiger partial charge in [0.15, 0.2) is 0 Å². The first kappa shape index (κ1) is 14.8. The second-order valence-corrected chi connectivity index (χ2v) is 3.61. The second-order valence-electron chi connectivity index (χ2n) is 3.61. The lowest BCUT2D eigenvalue weighted by Crippen LogP contribution is -2.34. The average molecular weight is 219 g/mol. The van der Waals surface area contributed by atoms with E-state index in [1.807, 2.05) is 6.92 Å². The van der Waals surface area contributed by atoms with Crippen LogP contribution in [-0.2, 0) is 14.2 Å². The lowest BCUT2D eigenvalue weighted by atomic mass is 10.1. The Kier molecular flexibility index (Phi) is 10.3. The van der Waals surface area contributed by atoms with E-state index < -0.39 is 0 Å². The van der Waals surface area contributed by atoms with E-state index in [2.05, 4.69) is 6.92 Å². The van der Waals surface area contributed by atoms with Crippen molar-refractivity contribution in [3.05, 3.63) is 0 Å². The molecule has 0 fully saturated rings. The maximum absolute atomic E-state index is 5.81. The predicted octanol–water partition coefficient (Wildman–Crippen LogP) is 1.18. The fourth-order valence-corrected chi connectivity index (χ4v) is 1.16. The van der Waals surface area contributed by atoms with E-state index in [-0.39, 0.29) is 12.1 Å². The minimum Gasteiger partial charge on any atom is -0.385 e. The fraction of sp³-hybridized carbons (Fsp3) is 1.00. The highest BCUT2D eigenvalue weighted by atomic mass is 16.5. The van der Waals surface area contributed by atoms with Crippen molar-refractivity contribution >= 4 is 0 Å². The molecule has 0 spiro atoms. The van der Waals surface area contributed by atoms with Crippen molar-refractivity contribution in [2.75, 3.05) is 33.5 Å². The Bertz CT molecular complexity index is 133. The monoisotopic (exact) mass is 219 g/mol. The Hall–Kier alpha value is -0.160. The molecule has 0 heterocycles. The van der Waals surface area contributed by atoms with Crippen molar-refractivity contribution in [2.24, 2.45) is 5.73 Å². The molecular weight excluding hydrogens is 194 g/mol. The molecule has 0 aliphatic rings. The van der Waals surface area contributed by atoms with Gasteiger partial charge in [0, 0.05) is 26.4 Å². The van der Waals surface area contributed by atoms with Crippen molar-refractivity contribution in [1.82, 2.24) is 0 Å². The van der Waals surface area contributed by atoms with Gasteiger partial charge in [0.2, 0.25) is 0 Å². The smallest absolute Gasteiger partial charge is 0.0704 e. The van der Waals surface area contributed by atoms with Gasteiger partial charge in [0.05, 0.1) is 19.3 Å². The Morgan fingerprint density at radius 1 is 1.13 bits per heavy atom. The lowest BCUT2D eigenvalue weighted by molar-refractivity contribution is -0.00123. The van der Waals surface area contributed by atoms with Crippen LogP contribution in [0.5, 0.6) is 0 Å². The van der Waals surface area contributed by atoms with Gasteiger partial charge in [-0.3, -0.25) is 0 Å². The van der Waals surface area contributed by atoms with Gasteiger partial charge < -0.3 is 19.9 Å². The second kappa shape index (κ2) is 10.4. The molecule has 0 aliphatic heterocycles. The van der Waals surface area contributed by atoms with Crippen LogP contribution >= 0.6 is 0 Å². The molecule has 0 rings (SSSR count). The van der Waals surface area contributed by atoms with Gasteiger partial charge in [-0.05, 0) is 19.8 Å². The van der Waals surface area contributed by atoms with Crippen LogP contribution in [0.2, 0.25) is 0 Å². The SMILES string of the molecule is CCC(N)C(C)OCCOCCCOC. The summed E-state index contributed by atoms with van der Waals surface area (Å²) in [5.74, 6) is 0. The van der Waals surface area contributed by atoms with Crippen molar-refractivity contribution < 1.29 is 14.2 Å². The number of hydrogen-bond acceptors (Lipinski definition) is 4. The maximum atomic E-state index is 5.81. The van der Waals surface area contributed by atoms with Gasteiger partial charge >= 0.3 is 0 Å². The molecule has 0 aromatic heterocycles. The summed E-state index contributed by atoms with van der Waals surface area (Å²) in [5.41, 5.74) is 5.81. The zero-order valence-corrected chi connectivity index (χ0v) is 10.2. The van der Waals surface area contributed by atoms with Gasteiger partial charge in [0.25, 0.3) is 0 Å². The summed E-state index contributed by atoms with van der Waals surface area (Å²) >= 11 is 0. The highest BCUT2D eigenvalue weighted by Crippen LogP contribution is 1.99. The molecule has 0 aliphatic carbocycles. The topological polar surface area (TPSA) is 53.7 Å². The summed E-state index contributed by atoms with van der Waals surface area (Å²) < 4.78 is 15.8. The molecule has 15 heavy (non-hydrogen) atoms. The van der Waals surface area contributed by atoms with Gasteiger partial charge in [-0.25, -0.2) is 0 Å². The van der Waals surface area contributed by atoms with E-state index >= 15 is 0 Å². The molecule has 2 unspecified atom stereocenters. The molecular formula is C11H25NO3. The first-order valence-electron chi connectivity index (χ1n) is 5.66. The zero-order valence-electron chi connectivity index (χ0n) is 10.2. The third kappa shape index (κ3) is 8.81. The predicted molar refractivity (Wildman–Crippen MR) is 61.0 cm³/mol. The van der Waals surface area contributed by atoms with E-state index in [1.54, 1.807) is 7.11 Å². The van der Waals surface area contributed by atoms with E-state index in [0.29, 0.717) is 13.2 Å². The Balaban J connectivity index is 3.16. The lowest BCUT2D eigenvalue weighted by Gasteiger charge is -2.18. The molecule has 0 saturated heterocycles. The van der Waals surface area contributed by atoms with Crippen LogP contribution in [0, 0.1) is 0 Å². The largest absolute Gasteiger partial charge is 0.385 e. The molecule has 4 nitrogen and oxygen atoms in total. The Morgan fingerprint density at radius 2 is 1.87 bits per heavy atom. The molecule has 2 atom stereocenters. The number of methoxy groups -OCH3 is 1. The molecule has 0 amide bonds. The van der Waals surface area contributed by atoms with Crippen molar-refractivity contribution in [1.29, 1.82) is 0 Å². The van der Waals surface area contributed by atoms with Gasteiger partial charge in [-0.15, -0.1) is 0 Å². The summed E-state index contributed by atoms with van der Waals surface area (Å²) in [5, 5.41) is 0. The van der Waals surface area contributed by atoms with Crippen molar-refractivity contribution in [3.8, 4) is 0 Å². The molecule has 2 N–H and O–H groups in total. The van der Waals surface area contributed by atoms with Gasteiger partial charge in [-0.1, -0.05) is 6.92 Å². The third-order valence-electron chi connectivity index (χ3n) is 2.32. The third-order valence-corrected chi connectivity index (χ3v) is 2.32. The minimum atomic E-state index is 0.109. The van der Waals surface area contributed by atoms with Crippen molar-refractivity contribution in [2.45, 2.75) is 38.8 Å². The quantitative estimate of drug-likeness (QED) is 0.561. The Morgan fingerprint density at radius 3 is 2.47 bits per heavy atom. The standard InChI is InChI=1S/C11H25NO3/c1-4-11(12)10(2)15-9-8-14-7-5-6-13-3/h10-11H,4-9,12H2,1-3H3. The van der Waals surface area contributed by atoms with Crippen LogP contribution in [0.1, 0.15) is 26.7 Å². The maximum Gasteiger partial charge on any atom is 0.0704 e. The Labute approximate surface area is 93.1 Å². The molecule has 4 heteroatoms. The summed E-state index contributed by atoms with van der Waals surface area (Å²) in [7, 11) is 1.69. The van der Waals surface area contributed by atoms with E-state index in [9.17, 15) is 0 Å². The van der Waals surface area contributed by atoms with Crippen LogP contribution in [0.25, 0.3) is 0 Å². The molecule has 0 radical (unpaired) electrons. The number of hydrogen-bond donors (Lipinski definition) is 1. The van der Waals surface area contributed by atoms with Crippen molar-refractivity contribution in [3.63, 3.8) is 0 Å². The fourth-order valence-electron chi connectivity index (χ4n) is 1.16. The highest BCUT2D eigenvalue weighted by molar-refractivity contribution is 4.66. The van der Waals surface area contributed by atoms with E-state index in [1.165, 1.54) is 0 Å². The van der Waals surface area contributed by atoms with E-state index in [4.69, 9.17) is 19.9 Å². The summed E-state index contributed by atoms with van der Waals surface area (Å²) in [6.45, 7) is 6.78. The first-order valence-corrected chi connectivity index (χ1v) is 5.66. The number of rotatable bonds is 10. The average Bonchev–Trinajstić information content (AvgIpc) is 2.26. The van der Waals surface area contributed by atoms with Crippen LogP contribution in [0.4, 0.5) is 0 Å². The minimum absolute atomic E-state index is 0.109. The molecule has 0 saturated carbocycles. The molecule has 0 aromatic carbocycles. The number of nitrogens with two attached hydrogens (primary N) is 1. The van der Waals surface area contributed by atoms with Gasteiger partial charge in [-0.2, -0.15) is 0 Å². The zero-order chi connectivity index (χ0) is 11.5. The normalized spacial score (nSPS) is 15.2. The highest BCUT2D eigenvalue weighted by Gasteiger charge is 2.09. The molecule has 0 bridgehead atoms. The van der Waals surface area contributed by atoms with Crippen LogP contribution in [-0.4, -0.2) is 45.7 Å². The first-order chi connectivity index (χ1) is 7.22. The summed E-state index contributed by atoms with van der Waals surface area (Å²) in [6, 6.07) is 0.124. The van der Waals surface area contributed by atoms with Crippen LogP contribution in [0.3, 0.4) is 0 Å². The number of ether oxygens (including phenoxy) is 3. The van der Waals surface area contributed by atoms with Crippen LogP contribution < -0.4 is 5.73 Å². The molecule has 92 valence electrons. The van der Waals surface area contributed by atoms with Gasteiger partial charge in [0.1, 0.15) is 0 Å². The van der Waals surface area contributed by atoms with Crippen LogP contribution in [0.15, 0.2) is 0 Å². The molecule has 0 aromatic rings. The summed E-state index contributed by atoms with van der Waals surface area (Å²) in [6.07, 6.45) is 1.98.